The minimum atomic E-state index is -3.25. The van der Waals surface area contributed by atoms with E-state index in [0.29, 0.717) is 10.4 Å². The van der Waals surface area contributed by atoms with Crippen molar-refractivity contribution in [3.8, 4) is 0 Å². The number of aliphatic carboxylic acids is 1. The van der Waals surface area contributed by atoms with Crippen LogP contribution < -0.4 is 0 Å². The number of hydrogen-bond acceptors (Lipinski definition) is 1. The standard InChI is InChI=1S/C7H7O2.C5H5.Ru/c8-7(9)5-6-3-1-2-4-6;1-2-4-5-3-1;/h1-4H,5H2,(H,8,9);1-5H;. The van der Waals surface area contributed by atoms with Crippen molar-refractivity contribution in [1.82, 2.24) is 0 Å². The molecule has 10 saturated heterocycles. The van der Waals surface area contributed by atoms with Crippen LogP contribution in [-0.2, 0) is 12.5 Å². The molecule has 0 radical (unpaired) electrons. The van der Waals surface area contributed by atoms with Crippen molar-refractivity contribution in [2.45, 2.75) is 51.0 Å². The van der Waals surface area contributed by atoms with Crippen LogP contribution in [0.15, 0.2) is 0 Å². The summed E-state index contributed by atoms with van der Waals surface area (Å²) in [6.07, 6.45) is 0.661. The molecule has 10 heterocycles. The van der Waals surface area contributed by atoms with E-state index in [0.717, 1.165) is 0 Å². The van der Waals surface area contributed by atoms with Gasteiger partial charge in [-0.25, -0.2) is 0 Å². The van der Waals surface area contributed by atoms with E-state index in [1.165, 1.54) is 40.6 Å². The molecule has 10 aliphatic heterocycles. The first-order chi connectivity index (χ1) is 6.96. The molecule has 0 saturated carbocycles. The summed E-state index contributed by atoms with van der Waals surface area (Å²) in [6, 6.07) is 0. The molecular weight excluding hydrogens is 277 g/mol. The molecule has 0 aromatic rings. The van der Waals surface area contributed by atoms with Gasteiger partial charge in [-0.15, -0.1) is 0 Å². The SMILES string of the molecule is O=C(O)C[C]12[CH]3[CH]4[CH]5[CH]1[Ru]45321678[CH]2[CH]1[CH]6[CH]7[CH]28. The average Bonchev–Trinajstić information content (AvgIpc) is 3.12. The Labute approximate surface area is 74.7 Å². The van der Waals surface area contributed by atoms with Gasteiger partial charge in [0.25, 0.3) is 0 Å². The third-order valence-electron chi connectivity index (χ3n) is 15.4. The summed E-state index contributed by atoms with van der Waals surface area (Å²) in [6.45, 7) is 0. The van der Waals surface area contributed by atoms with Crippen LogP contribution >= 0.6 is 0 Å². The summed E-state index contributed by atoms with van der Waals surface area (Å²) in [5, 5.41) is 9.28. The van der Waals surface area contributed by atoms with Crippen molar-refractivity contribution in [1.29, 1.82) is 0 Å². The fourth-order valence-electron chi connectivity index (χ4n) is 17.4. The Hall–Kier alpha value is 0.0934. The molecule has 4 unspecified atom stereocenters. The van der Waals surface area contributed by atoms with Crippen molar-refractivity contribution in [2.24, 2.45) is 0 Å². The van der Waals surface area contributed by atoms with Crippen LogP contribution in [0.5, 0.6) is 0 Å². The summed E-state index contributed by atoms with van der Waals surface area (Å²) >= 11 is 0. The molecule has 0 amide bonds. The van der Waals surface area contributed by atoms with Crippen LogP contribution in [0.4, 0.5) is 0 Å². The molecular formula is C12H12O2Ru. The molecule has 10 aliphatic rings. The molecule has 3 heteroatoms. The van der Waals surface area contributed by atoms with E-state index in [4.69, 9.17) is 0 Å². The molecule has 0 aliphatic carbocycles. The van der Waals surface area contributed by atoms with Gasteiger partial charge < -0.3 is 0 Å². The third-order valence-corrected chi connectivity index (χ3v) is 83.0. The molecule has 0 bridgehead atoms. The first-order valence-electron chi connectivity index (χ1n) is 6.39. The molecule has 80 valence electrons. The predicted octanol–water partition coefficient (Wildman–Crippen LogP) is 3.22. The van der Waals surface area contributed by atoms with Crippen molar-refractivity contribution in [3.63, 3.8) is 0 Å². The Morgan fingerprint density at radius 3 is 1.67 bits per heavy atom. The zero-order chi connectivity index (χ0) is 9.30. The van der Waals surface area contributed by atoms with Gasteiger partial charge in [0.05, 0.1) is 0 Å². The van der Waals surface area contributed by atoms with Gasteiger partial charge in [-0.2, -0.15) is 0 Å². The number of rotatable bonds is 2. The Morgan fingerprint density at radius 1 is 1.00 bits per heavy atom. The molecule has 1 N–H and O–H groups in total. The van der Waals surface area contributed by atoms with Crippen molar-refractivity contribution < 1.29 is 17.6 Å². The van der Waals surface area contributed by atoms with Gasteiger partial charge in [0.2, 0.25) is 0 Å². The number of carbonyl (C=O) groups is 1. The first kappa shape index (κ1) is 5.16. The van der Waals surface area contributed by atoms with Gasteiger partial charge in [-0.1, -0.05) is 0 Å². The van der Waals surface area contributed by atoms with Crippen molar-refractivity contribution in [3.05, 3.63) is 0 Å². The maximum absolute atomic E-state index is 11.2. The summed E-state index contributed by atoms with van der Waals surface area (Å²) in [5.74, 6) is -0.437. The quantitative estimate of drug-likeness (QED) is 0.793. The maximum atomic E-state index is 11.2. The van der Waals surface area contributed by atoms with E-state index in [1.54, 1.807) is 0 Å². The first-order valence-corrected chi connectivity index (χ1v) is 16.3. The zero-order valence-electron chi connectivity index (χ0n) is 8.11. The Morgan fingerprint density at radius 2 is 1.47 bits per heavy atom. The number of fused-ring (bicyclic) bond motifs is 10. The number of hydrogen-bond donors (Lipinski definition) is 1. The number of carboxylic acid groups (broad SMARTS) is 1. The van der Waals surface area contributed by atoms with Crippen LogP contribution in [0.25, 0.3) is 0 Å². The normalized spacial score (nSPS) is 133. The number of carboxylic acids is 1. The summed E-state index contributed by atoms with van der Waals surface area (Å²) < 4.78 is 12.1. The zero-order valence-corrected chi connectivity index (χ0v) is 9.85. The second-order valence-corrected chi connectivity index (χ2v) is 47.7. The van der Waals surface area contributed by atoms with Crippen LogP contribution in [0.1, 0.15) is 6.42 Å². The predicted molar refractivity (Wildman–Crippen MR) is 48.7 cm³/mol. The van der Waals surface area contributed by atoms with Gasteiger partial charge in [-0.05, 0) is 0 Å². The van der Waals surface area contributed by atoms with Crippen LogP contribution in [-0.4, -0.2) is 11.1 Å². The molecule has 1 spiro atoms. The van der Waals surface area contributed by atoms with Crippen molar-refractivity contribution in [2.75, 3.05) is 0 Å². The van der Waals surface area contributed by atoms with Crippen LogP contribution in [0.3, 0.4) is 0 Å². The van der Waals surface area contributed by atoms with E-state index in [1.807, 2.05) is 0 Å². The summed E-state index contributed by atoms with van der Waals surface area (Å²) in [5.41, 5.74) is 0. The van der Waals surface area contributed by atoms with Gasteiger partial charge in [0, 0.05) is 0 Å². The fourth-order valence-corrected chi connectivity index (χ4v) is 151. The van der Waals surface area contributed by atoms with Crippen LogP contribution in [0.2, 0.25) is 44.6 Å². The van der Waals surface area contributed by atoms with Crippen LogP contribution in [0, 0.1) is 0 Å². The van der Waals surface area contributed by atoms with E-state index < -0.39 is 13.7 Å². The van der Waals surface area contributed by atoms with Gasteiger partial charge in [0.1, 0.15) is 0 Å². The molecule has 15 heavy (non-hydrogen) atoms. The fraction of sp³-hybridized carbons (Fsp3) is 0.917. The van der Waals surface area contributed by atoms with Crippen molar-refractivity contribution >= 4 is 5.97 Å². The Balaban J connectivity index is 1.74. The molecule has 0 aromatic carbocycles. The minimum absolute atomic E-state index is 0.437. The Kier molecular flexibility index (Phi) is 0.123. The van der Waals surface area contributed by atoms with Gasteiger partial charge in [-0.3, -0.25) is 0 Å². The summed E-state index contributed by atoms with van der Waals surface area (Å²) in [4.78, 5) is 11.2. The van der Waals surface area contributed by atoms with E-state index in [9.17, 15) is 9.90 Å². The van der Waals surface area contributed by atoms with E-state index in [-0.39, 0.29) is 0 Å². The van der Waals surface area contributed by atoms with E-state index in [2.05, 4.69) is 0 Å². The van der Waals surface area contributed by atoms with E-state index >= 15 is 0 Å². The average molecular weight is 289 g/mol. The Bertz CT molecular complexity index is 863. The molecule has 10 rings (SSSR count). The molecule has 0 aromatic heterocycles. The summed E-state index contributed by atoms with van der Waals surface area (Å²) in [7, 11) is -3.25. The molecule has 4 atom stereocenters. The third kappa shape index (κ3) is 0.0433. The van der Waals surface area contributed by atoms with Gasteiger partial charge in [0.15, 0.2) is 0 Å². The second-order valence-electron chi connectivity index (χ2n) is 10.4. The topological polar surface area (TPSA) is 37.3 Å². The second kappa shape index (κ2) is 0.359. The molecule has 10 fully saturated rings. The van der Waals surface area contributed by atoms with Gasteiger partial charge >= 0.3 is 74.6 Å². The molecule has 2 nitrogen and oxygen atoms in total. The monoisotopic (exact) mass is 290 g/mol.